The van der Waals surface area contributed by atoms with Crippen LogP contribution >= 0.6 is 0 Å². The van der Waals surface area contributed by atoms with E-state index in [2.05, 4.69) is 43.4 Å². The Morgan fingerprint density at radius 3 is 1.76 bits per heavy atom. The molecule has 0 aliphatic heterocycles. The number of hydrogen-bond acceptors (Lipinski definition) is 2. The normalized spacial score (nSPS) is 11.5. The van der Waals surface area contributed by atoms with Crippen LogP contribution < -0.4 is 34.7 Å². The van der Waals surface area contributed by atoms with Gasteiger partial charge in [-0.25, -0.2) is 0 Å². The molecule has 0 rings (SSSR count). The number of allylic oxidation sites excluding steroid dienone is 6. The van der Waals surface area contributed by atoms with Crippen LogP contribution in [-0.4, -0.2) is 5.97 Å². The minimum absolute atomic E-state index is 0. The minimum atomic E-state index is -0.945. The average molecular weight is 300 g/mol. The number of aliphatic carboxylic acids is 1. The Hall–Kier alpha value is -0.310. The number of carbonyl (C=O) groups is 1. The van der Waals surface area contributed by atoms with Crippen molar-refractivity contribution in [3.05, 3.63) is 36.5 Å². The molecule has 0 saturated heterocycles. The predicted molar refractivity (Wildman–Crippen MR) is 84.3 cm³/mol. The van der Waals surface area contributed by atoms with E-state index < -0.39 is 5.97 Å². The molecule has 0 aliphatic carbocycles. The molecule has 114 valence electrons. The van der Waals surface area contributed by atoms with Crippen molar-refractivity contribution in [3.63, 3.8) is 0 Å². The monoisotopic (exact) mass is 300 g/mol. The standard InChI is InChI=1S/C18H30O2.Na/c1-2-3-4-5-6-7-8-9-10-11-12-13-14-15-16-17-18(19)20;/h6-7,9-10,12-13H,2-5,8,11,14-17H2,1H3,(H,19,20);/q;+1/p-1/b7-6-,10-9-,13-12-;. The van der Waals surface area contributed by atoms with Crippen molar-refractivity contribution in [2.75, 3.05) is 0 Å². The van der Waals surface area contributed by atoms with E-state index in [4.69, 9.17) is 0 Å². The van der Waals surface area contributed by atoms with Crippen molar-refractivity contribution >= 4 is 5.97 Å². The number of rotatable bonds is 13. The van der Waals surface area contributed by atoms with E-state index in [1.165, 1.54) is 25.7 Å². The number of unbranched alkanes of at least 4 members (excludes halogenated alkanes) is 5. The molecule has 0 heterocycles. The van der Waals surface area contributed by atoms with Gasteiger partial charge in [0.15, 0.2) is 0 Å². The topological polar surface area (TPSA) is 40.1 Å². The molecule has 0 spiro atoms. The van der Waals surface area contributed by atoms with E-state index in [1.54, 1.807) is 0 Å². The van der Waals surface area contributed by atoms with Crippen molar-refractivity contribution in [2.45, 2.75) is 71.1 Å². The summed E-state index contributed by atoms with van der Waals surface area (Å²) in [5.74, 6) is -0.945. The van der Waals surface area contributed by atoms with Crippen LogP contribution in [0.1, 0.15) is 71.1 Å². The molecule has 0 aliphatic rings. The molecule has 0 N–H and O–H groups in total. The second kappa shape index (κ2) is 19.7. The first-order chi connectivity index (χ1) is 9.77. The summed E-state index contributed by atoms with van der Waals surface area (Å²) in [6.45, 7) is 2.23. The number of hydrogen-bond donors (Lipinski definition) is 0. The van der Waals surface area contributed by atoms with E-state index in [1.807, 2.05) is 0 Å². The summed E-state index contributed by atoms with van der Waals surface area (Å²) in [4.78, 5) is 10.2. The Kier molecular flexibility index (Phi) is 21.5. The maximum absolute atomic E-state index is 10.2. The van der Waals surface area contributed by atoms with Crippen molar-refractivity contribution < 1.29 is 39.5 Å². The van der Waals surface area contributed by atoms with Crippen molar-refractivity contribution in [2.24, 2.45) is 0 Å². The molecule has 0 radical (unpaired) electrons. The molecule has 21 heavy (non-hydrogen) atoms. The summed E-state index contributed by atoms with van der Waals surface area (Å²) < 4.78 is 0. The van der Waals surface area contributed by atoms with Crippen molar-refractivity contribution in [1.82, 2.24) is 0 Å². The third-order valence-corrected chi connectivity index (χ3v) is 3.02. The summed E-state index contributed by atoms with van der Waals surface area (Å²) in [7, 11) is 0. The molecule has 0 bridgehead atoms. The van der Waals surface area contributed by atoms with Gasteiger partial charge in [0.25, 0.3) is 0 Å². The van der Waals surface area contributed by atoms with E-state index in [0.717, 1.165) is 25.7 Å². The Bertz CT molecular complexity index is 306. The summed E-state index contributed by atoms with van der Waals surface area (Å²) in [6, 6.07) is 0. The molecule has 2 nitrogen and oxygen atoms in total. The average Bonchev–Trinajstić information content (AvgIpc) is 2.43. The third kappa shape index (κ3) is 22.1. The Morgan fingerprint density at radius 2 is 1.29 bits per heavy atom. The molecule has 0 fully saturated rings. The molecule has 0 aromatic rings. The van der Waals surface area contributed by atoms with E-state index >= 15 is 0 Å². The van der Waals surface area contributed by atoms with E-state index in [0.29, 0.717) is 6.42 Å². The smallest absolute Gasteiger partial charge is 0.550 e. The van der Waals surface area contributed by atoms with Crippen LogP contribution in [0.4, 0.5) is 0 Å². The fourth-order valence-electron chi connectivity index (χ4n) is 1.82. The van der Waals surface area contributed by atoms with E-state index in [-0.39, 0.29) is 36.0 Å². The van der Waals surface area contributed by atoms with Crippen LogP contribution in [0.2, 0.25) is 0 Å². The van der Waals surface area contributed by atoms with Crippen LogP contribution in [0.25, 0.3) is 0 Å². The molecule has 0 aromatic carbocycles. The molecule has 0 amide bonds. The fraction of sp³-hybridized carbons (Fsp3) is 0.611. The van der Waals surface area contributed by atoms with Gasteiger partial charge in [0.2, 0.25) is 0 Å². The second-order valence-corrected chi connectivity index (χ2v) is 5.00. The van der Waals surface area contributed by atoms with Crippen LogP contribution in [0.5, 0.6) is 0 Å². The van der Waals surface area contributed by atoms with Gasteiger partial charge in [0.1, 0.15) is 0 Å². The molecule has 0 aromatic heterocycles. The predicted octanol–water partition coefficient (Wildman–Crippen LogP) is 1.33. The van der Waals surface area contributed by atoms with Crippen LogP contribution in [0, 0.1) is 0 Å². The van der Waals surface area contributed by atoms with Gasteiger partial charge in [-0.1, -0.05) is 56.2 Å². The quantitative estimate of drug-likeness (QED) is 0.292. The van der Waals surface area contributed by atoms with Gasteiger partial charge in [-0.3, -0.25) is 0 Å². The second-order valence-electron chi connectivity index (χ2n) is 5.00. The maximum atomic E-state index is 10.2. The largest absolute Gasteiger partial charge is 1.00 e. The molecule has 0 saturated carbocycles. The Morgan fingerprint density at radius 1 is 0.810 bits per heavy atom. The van der Waals surface area contributed by atoms with Gasteiger partial charge in [0.05, 0.1) is 0 Å². The van der Waals surface area contributed by atoms with E-state index in [9.17, 15) is 9.90 Å². The summed E-state index contributed by atoms with van der Waals surface area (Å²) in [5, 5.41) is 10.2. The Labute approximate surface area is 152 Å². The SMILES string of the molecule is CCCCC/C=C\C/C=C\C/C=C\CCCCC(=O)[O-].[Na+]. The summed E-state index contributed by atoms with van der Waals surface area (Å²) in [6.07, 6.45) is 23.0. The van der Waals surface area contributed by atoms with Crippen LogP contribution in [-0.2, 0) is 4.79 Å². The van der Waals surface area contributed by atoms with Gasteiger partial charge in [-0.15, -0.1) is 0 Å². The number of carboxylic acids is 1. The minimum Gasteiger partial charge on any atom is -0.550 e. The van der Waals surface area contributed by atoms with Crippen LogP contribution in [0.3, 0.4) is 0 Å². The molecule has 3 heteroatoms. The third-order valence-electron chi connectivity index (χ3n) is 3.02. The van der Waals surface area contributed by atoms with Crippen molar-refractivity contribution in [1.29, 1.82) is 0 Å². The van der Waals surface area contributed by atoms with Gasteiger partial charge in [-0.05, 0) is 51.4 Å². The first-order valence-electron chi connectivity index (χ1n) is 7.92. The van der Waals surface area contributed by atoms with Gasteiger partial charge in [-0.2, -0.15) is 0 Å². The first kappa shape index (κ1) is 23.0. The molecule has 0 unspecified atom stereocenters. The molecule has 0 atom stereocenters. The molecular formula is C18H29NaO2. The zero-order valence-corrected chi connectivity index (χ0v) is 15.9. The Balaban J connectivity index is 0. The number of carbonyl (C=O) groups excluding carboxylic acids is 1. The van der Waals surface area contributed by atoms with Gasteiger partial charge in [0, 0.05) is 5.97 Å². The van der Waals surface area contributed by atoms with Gasteiger partial charge >= 0.3 is 29.6 Å². The summed E-state index contributed by atoms with van der Waals surface area (Å²) in [5.41, 5.74) is 0. The zero-order chi connectivity index (χ0) is 14.9. The summed E-state index contributed by atoms with van der Waals surface area (Å²) >= 11 is 0. The van der Waals surface area contributed by atoms with Gasteiger partial charge < -0.3 is 9.90 Å². The zero-order valence-electron chi connectivity index (χ0n) is 13.9. The van der Waals surface area contributed by atoms with Crippen molar-refractivity contribution in [3.8, 4) is 0 Å². The first-order valence-corrected chi connectivity index (χ1v) is 7.92. The maximum Gasteiger partial charge on any atom is 1.00 e. The fourth-order valence-corrected chi connectivity index (χ4v) is 1.82. The molecular weight excluding hydrogens is 271 g/mol. The number of carboxylic acid groups (broad SMARTS) is 1. The van der Waals surface area contributed by atoms with Crippen LogP contribution in [0.15, 0.2) is 36.5 Å².